The Labute approximate surface area is 147 Å². The Kier molecular flexibility index (Phi) is 5.51. The minimum atomic E-state index is 0.608. The van der Waals surface area contributed by atoms with Gasteiger partial charge in [-0.1, -0.05) is 6.07 Å². The summed E-state index contributed by atoms with van der Waals surface area (Å²) in [4.78, 5) is 17.2. The maximum absolute atomic E-state index is 5.55. The van der Waals surface area contributed by atoms with Crippen molar-refractivity contribution >= 4 is 5.82 Å². The molecule has 0 aromatic carbocycles. The molecule has 0 saturated heterocycles. The first-order chi connectivity index (χ1) is 12.3. The molecule has 0 aliphatic rings. The quantitative estimate of drug-likeness (QED) is 0.714. The Hall–Kier alpha value is -3.02. The highest BCUT2D eigenvalue weighted by atomic mass is 16.5. The van der Waals surface area contributed by atoms with E-state index in [0.717, 1.165) is 41.3 Å². The lowest BCUT2D eigenvalue weighted by molar-refractivity contribution is 0.323. The summed E-state index contributed by atoms with van der Waals surface area (Å²) >= 11 is 0. The maximum atomic E-state index is 5.55. The number of pyridine rings is 2. The number of anilines is 1. The van der Waals surface area contributed by atoms with Crippen LogP contribution in [0.5, 0.6) is 5.88 Å². The summed E-state index contributed by atoms with van der Waals surface area (Å²) in [5.74, 6) is 1.48. The van der Waals surface area contributed by atoms with Crippen LogP contribution in [0.25, 0.3) is 11.3 Å². The van der Waals surface area contributed by atoms with Gasteiger partial charge in [-0.2, -0.15) is 0 Å². The summed E-state index contributed by atoms with van der Waals surface area (Å²) in [6, 6.07) is 9.87. The number of ether oxygens (including phenoxy) is 1. The molecule has 25 heavy (non-hydrogen) atoms. The standard InChI is InChI=1S/C19H21N5O/c1-3-25-19-15(5-4-9-21-19)8-10-20-18-11-17(23-13-24-18)16-7-6-14(2)22-12-16/h4-7,9,11-13H,3,8,10H2,1-2H3,(H,20,23,24). The molecular weight excluding hydrogens is 314 g/mol. The third-order valence-corrected chi connectivity index (χ3v) is 3.71. The highest BCUT2D eigenvalue weighted by molar-refractivity contribution is 5.61. The lowest BCUT2D eigenvalue weighted by Crippen LogP contribution is -2.08. The Morgan fingerprint density at radius 2 is 2.00 bits per heavy atom. The summed E-state index contributed by atoms with van der Waals surface area (Å²) in [6.07, 6.45) is 5.93. The van der Waals surface area contributed by atoms with E-state index in [9.17, 15) is 0 Å². The van der Waals surface area contributed by atoms with Crippen molar-refractivity contribution in [3.05, 3.63) is 60.3 Å². The van der Waals surface area contributed by atoms with Crippen LogP contribution >= 0.6 is 0 Å². The second-order valence-electron chi connectivity index (χ2n) is 5.55. The largest absolute Gasteiger partial charge is 0.478 e. The molecule has 0 fully saturated rings. The lowest BCUT2D eigenvalue weighted by Gasteiger charge is -2.10. The first-order valence-corrected chi connectivity index (χ1v) is 8.32. The van der Waals surface area contributed by atoms with Crippen LogP contribution in [-0.4, -0.2) is 33.1 Å². The molecule has 0 unspecified atom stereocenters. The molecular formula is C19H21N5O. The number of aromatic nitrogens is 4. The number of hydrogen-bond acceptors (Lipinski definition) is 6. The van der Waals surface area contributed by atoms with E-state index in [0.29, 0.717) is 12.5 Å². The predicted octanol–water partition coefficient (Wildman–Crippen LogP) is 3.30. The van der Waals surface area contributed by atoms with Crippen LogP contribution in [0, 0.1) is 6.92 Å². The first kappa shape index (κ1) is 16.8. The molecule has 0 amide bonds. The zero-order chi connectivity index (χ0) is 17.5. The van der Waals surface area contributed by atoms with Gasteiger partial charge in [-0.25, -0.2) is 15.0 Å². The molecule has 3 aromatic rings. The molecule has 0 radical (unpaired) electrons. The second kappa shape index (κ2) is 8.19. The van der Waals surface area contributed by atoms with Crippen molar-refractivity contribution in [1.29, 1.82) is 0 Å². The van der Waals surface area contributed by atoms with Gasteiger partial charge in [0.2, 0.25) is 5.88 Å². The van der Waals surface area contributed by atoms with Crippen LogP contribution in [-0.2, 0) is 6.42 Å². The van der Waals surface area contributed by atoms with Crippen molar-refractivity contribution in [3.8, 4) is 17.1 Å². The van der Waals surface area contributed by atoms with Gasteiger partial charge in [0, 0.05) is 41.8 Å². The summed E-state index contributed by atoms with van der Waals surface area (Å²) in [5.41, 5.74) is 3.88. The Balaban J connectivity index is 1.64. The van der Waals surface area contributed by atoms with Crippen LogP contribution < -0.4 is 10.1 Å². The van der Waals surface area contributed by atoms with Crippen LogP contribution in [0.4, 0.5) is 5.82 Å². The summed E-state index contributed by atoms with van der Waals surface area (Å²) < 4.78 is 5.55. The lowest BCUT2D eigenvalue weighted by atomic mass is 10.2. The zero-order valence-corrected chi connectivity index (χ0v) is 14.4. The van der Waals surface area contributed by atoms with Crippen molar-refractivity contribution in [2.45, 2.75) is 20.3 Å². The molecule has 3 heterocycles. The smallest absolute Gasteiger partial charge is 0.216 e. The molecule has 0 aliphatic carbocycles. The molecule has 0 bridgehead atoms. The first-order valence-electron chi connectivity index (χ1n) is 8.32. The monoisotopic (exact) mass is 335 g/mol. The van der Waals surface area contributed by atoms with E-state index < -0.39 is 0 Å². The minimum Gasteiger partial charge on any atom is -0.478 e. The van der Waals surface area contributed by atoms with Gasteiger partial charge in [-0.15, -0.1) is 0 Å². The topological polar surface area (TPSA) is 72.8 Å². The number of hydrogen-bond donors (Lipinski definition) is 1. The predicted molar refractivity (Wildman–Crippen MR) is 97.6 cm³/mol. The van der Waals surface area contributed by atoms with Gasteiger partial charge in [0.1, 0.15) is 12.1 Å². The maximum Gasteiger partial charge on any atom is 0.216 e. The third kappa shape index (κ3) is 4.50. The fraction of sp³-hybridized carbons (Fsp3) is 0.263. The zero-order valence-electron chi connectivity index (χ0n) is 14.4. The highest BCUT2D eigenvalue weighted by Crippen LogP contribution is 2.19. The SMILES string of the molecule is CCOc1ncccc1CCNc1cc(-c2ccc(C)nc2)ncn1. The molecule has 3 aromatic heterocycles. The number of nitrogens with one attached hydrogen (secondary N) is 1. The number of rotatable bonds is 7. The molecule has 3 rings (SSSR count). The Morgan fingerprint density at radius 3 is 2.80 bits per heavy atom. The Bertz CT molecular complexity index is 820. The van der Waals surface area contributed by atoms with Crippen LogP contribution in [0.2, 0.25) is 0 Å². The third-order valence-electron chi connectivity index (χ3n) is 3.71. The van der Waals surface area contributed by atoms with Crippen molar-refractivity contribution in [1.82, 2.24) is 19.9 Å². The highest BCUT2D eigenvalue weighted by Gasteiger charge is 2.05. The van der Waals surface area contributed by atoms with Gasteiger partial charge in [-0.3, -0.25) is 4.98 Å². The van der Waals surface area contributed by atoms with Gasteiger partial charge in [-0.05, 0) is 38.5 Å². The van der Waals surface area contributed by atoms with E-state index in [2.05, 4.69) is 25.3 Å². The van der Waals surface area contributed by atoms with E-state index in [1.165, 1.54) is 0 Å². The van der Waals surface area contributed by atoms with E-state index >= 15 is 0 Å². The van der Waals surface area contributed by atoms with Gasteiger partial charge in [0.25, 0.3) is 0 Å². The van der Waals surface area contributed by atoms with E-state index in [1.54, 1.807) is 12.5 Å². The van der Waals surface area contributed by atoms with E-state index in [4.69, 9.17) is 4.74 Å². The van der Waals surface area contributed by atoms with Crippen molar-refractivity contribution in [2.24, 2.45) is 0 Å². The molecule has 6 heteroatoms. The summed E-state index contributed by atoms with van der Waals surface area (Å²) in [6.45, 7) is 5.26. The molecule has 128 valence electrons. The fourth-order valence-electron chi connectivity index (χ4n) is 2.44. The molecule has 1 N–H and O–H groups in total. The molecule has 0 atom stereocenters. The average molecular weight is 335 g/mol. The molecule has 0 spiro atoms. The second-order valence-corrected chi connectivity index (χ2v) is 5.55. The number of nitrogens with zero attached hydrogens (tertiary/aromatic N) is 4. The van der Waals surface area contributed by atoms with Gasteiger partial charge < -0.3 is 10.1 Å². The van der Waals surface area contributed by atoms with Crippen LogP contribution in [0.3, 0.4) is 0 Å². The van der Waals surface area contributed by atoms with E-state index in [1.807, 2.05) is 50.4 Å². The van der Waals surface area contributed by atoms with E-state index in [-0.39, 0.29) is 0 Å². The van der Waals surface area contributed by atoms with Crippen LogP contribution in [0.1, 0.15) is 18.2 Å². The summed E-state index contributed by atoms with van der Waals surface area (Å²) in [5, 5.41) is 3.33. The molecule has 0 saturated carbocycles. The fourth-order valence-corrected chi connectivity index (χ4v) is 2.44. The van der Waals surface area contributed by atoms with Gasteiger partial charge >= 0.3 is 0 Å². The van der Waals surface area contributed by atoms with Crippen molar-refractivity contribution in [3.63, 3.8) is 0 Å². The minimum absolute atomic E-state index is 0.608. The Morgan fingerprint density at radius 1 is 1.08 bits per heavy atom. The normalized spacial score (nSPS) is 10.5. The number of aryl methyl sites for hydroxylation is 1. The molecule has 6 nitrogen and oxygen atoms in total. The van der Waals surface area contributed by atoms with Gasteiger partial charge in [0.15, 0.2) is 0 Å². The summed E-state index contributed by atoms with van der Waals surface area (Å²) in [7, 11) is 0. The molecule has 0 aliphatic heterocycles. The average Bonchev–Trinajstić information content (AvgIpc) is 2.64. The van der Waals surface area contributed by atoms with Crippen molar-refractivity contribution < 1.29 is 4.74 Å². The van der Waals surface area contributed by atoms with Crippen LogP contribution in [0.15, 0.2) is 49.1 Å². The van der Waals surface area contributed by atoms with Crippen molar-refractivity contribution in [2.75, 3.05) is 18.5 Å². The van der Waals surface area contributed by atoms with Gasteiger partial charge in [0.05, 0.1) is 12.3 Å².